The van der Waals surface area contributed by atoms with Gasteiger partial charge in [-0.3, -0.25) is 5.10 Å². The number of hydrogen-bond donors (Lipinski definition) is 3. The second-order valence-corrected chi connectivity index (χ2v) is 6.67. The van der Waals surface area contributed by atoms with Gasteiger partial charge in [0.2, 0.25) is 11.7 Å². The number of benzene rings is 1. The minimum atomic E-state index is -0.480. The molecule has 1 aromatic carbocycles. The standard InChI is InChI=1S/C18H23N7O4/c1-10(2)5-14(17-23-16(25-29-17)15-19-9-20-24-15)22-18(26)21-11-6-12(27-3)8-13(7-11)28-4/h6-10,14H,5H2,1-4H3,(H,19,20,24)(H2,21,22,26). The highest BCUT2D eigenvalue weighted by atomic mass is 16.5. The summed E-state index contributed by atoms with van der Waals surface area (Å²) in [5, 5.41) is 16.0. The van der Waals surface area contributed by atoms with Gasteiger partial charge in [-0.25, -0.2) is 9.78 Å². The van der Waals surface area contributed by atoms with Gasteiger partial charge < -0.3 is 24.6 Å². The van der Waals surface area contributed by atoms with Crippen molar-refractivity contribution < 1.29 is 18.8 Å². The first-order valence-electron chi connectivity index (χ1n) is 8.98. The Labute approximate surface area is 167 Å². The summed E-state index contributed by atoms with van der Waals surface area (Å²) in [5.74, 6) is 2.34. The number of hydrogen-bond acceptors (Lipinski definition) is 8. The van der Waals surface area contributed by atoms with Crippen LogP contribution < -0.4 is 20.1 Å². The minimum Gasteiger partial charge on any atom is -0.497 e. The molecule has 1 atom stereocenters. The number of H-pyrrole nitrogens is 1. The quantitative estimate of drug-likeness (QED) is 0.523. The van der Waals surface area contributed by atoms with E-state index in [0.717, 1.165) is 0 Å². The molecular weight excluding hydrogens is 378 g/mol. The number of amides is 2. The summed E-state index contributed by atoms with van der Waals surface area (Å²) >= 11 is 0. The molecule has 154 valence electrons. The number of methoxy groups -OCH3 is 2. The summed E-state index contributed by atoms with van der Waals surface area (Å²) < 4.78 is 15.8. The first-order chi connectivity index (χ1) is 14.0. The summed E-state index contributed by atoms with van der Waals surface area (Å²) in [5.41, 5.74) is 0.523. The van der Waals surface area contributed by atoms with Crippen LogP contribution in [-0.4, -0.2) is 45.6 Å². The molecule has 11 nitrogen and oxygen atoms in total. The maximum Gasteiger partial charge on any atom is 0.319 e. The summed E-state index contributed by atoms with van der Waals surface area (Å²) in [6.45, 7) is 4.07. The minimum absolute atomic E-state index is 0.269. The van der Waals surface area contributed by atoms with Crippen LogP contribution in [0.2, 0.25) is 0 Å². The molecule has 2 heterocycles. The number of carbonyl (C=O) groups excluding carboxylic acids is 1. The fraction of sp³-hybridized carbons (Fsp3) is 0.389. The van der Waals surface area contributed by atoms with Gasteiger partial charge in [0.15, 0.2) is 5.82 Å². The molecule has 0 saturated carbocycles. The molecule has 0 aliphatic carbocycles. The number of aromatic amines is 1. The first kappa shape index (κ1) is 20.1. The van der Waals surface area contributed by atoms with Crippen molar-refractivity contribution in [1.29, 1.82) is 0 Å². The van der Waals surface area contributed by atoms with Gasteiger partial charge in [-0.1, -0.05) is 19.0 Å². The molecule has 0 saturated heterocycles. The van der Waals surface area contributed by atoms with Crippen molar-refractivity contribution in [2.24, 2.45) is 5.92 Å². The lowest BCUT2D eigenvalue weighted by atomic mass is 10.0. The van der Waals surface area contributed by atoms with Gasteiger partial charge in [0.25, 0.3) is 0 Å². The first-order valence-corrected chi connectivity index (χ1v) is 8.98. The van der Waals surface area contributed by atoms with Crippen molar-refractivity contribution in [1.82, 2.24) is 30.6 Å². The van der Waals surface area contributed by atoms with Gasteiger partial charge in [-0.2, -0.15) is 10.1 Å². The molecule has 29 heavy (non-hydrogen) atoms. The van der Waals surface area contributed by atoms with E-state index in [1.54, 1.807) is 32.4 Å². The molecule has 3 aromatic rings. The fourth-order valence-electron chi connectivity index (χ4n) is 2.68. The molecule has 0 fully saturated rings. The number of rotatable bonds is 8. The predicted molar refractivity (Wildman–Crippen MR) is 104 cm³/mol. The van der Waals surface area contributed by atoms with Crippen LogP contribution in [0.5, 0.6) is 11.5 Å². The summed E-state index contributed by atoms with van der Waals surface area (Å²) in [6.07, 6.45) is 1.96. The van der Waals surface area contributed by atoms with Gasteiger partial charge in [0.1, 0.15) is 23.9 Å². The third kappa shape index (κ3) is 5.21. The lowest BCUT2D eigenvalue weighted by Gasteiger charge is -2.18. The Kier molecular flexibility index (Phi) is 6.27. The average molecular weight is 401 g/mol. The van der Waals surface area contributed by atoms with Gasteiger partial charge in [0, 0.05) is 23.9 Å². The van der Waals surface area contributed by atoms with E-state index in [1.807, 2.05) is 13.8 Å². The molecule has 1 unspecified atom stereocenters. The maximum atomic E-state index is 12.6. The Morgan fingerprint density at radius 3 is 2.52 bits per heavy atom. The molecule has 3 rings (SSSR count). The van der Waals surface area contributed by atoms with E-state index in [2.05, 4.69) is 36.0 Å². The SMILES string of the molecule is COc1cc(NC(=O)NC(CC(C)C)c2nc(-c3ncn[nH]3)no2)cc(OC)c1. The summed E-state index contributed by atoms with van der Waals surface area (Å²) in [7, 11) is 3.08. The van der Waals surface area contributed by atoms with Gasteiger partial charge >= 0.3 is 6.03 Å². The van der Waals surface area contributed by atoms with E-state index in [4.69, 9.17) is 14.0 Å². The second kappa shape index (κ2) is 9.04. The van der Waals surface area contributed by atoms with Crippen molar-refractivity contribution in [2.45, 2.75) is 26.3 Å². The zero-order chi connectivity index (χ0) is 20.8. The monoisotopic (exact) mass is 401 g/mol. The maximum absolute atomic E-state index is 12.6. The van der Waals surface area contributed by atoms with Crippen LogP contribution in [0.25, 0.3) is 11.6 Å². The number of aromatic nitrogens is 5. The van der Waals surface area contributed by atoms with E-state index in [0.29, 0.717) is 29.4 Å². The number of nitrogens with zero attached hydrogens (tertiary/aromatic N) is 4. The zero-order valence-electron chi connectivity index (χ0n) is 16.6. The molecule has 0 spiro atoms. The highest BCUT2D eigenvalue weighted by Crippen LogP contribution is 2.26. The van der Waals surface area contributed by atoms with Crippen LogP contribution in [0.1, 0.15) is 32.2 Å². The largest absolute Gasteiger partial charge is 0.497 e. The second-order valence-electron chi connectivity index (χ2n) is 6.67. The zero-order valence-corrected chi connectivity index (χ0v) is 16.6. The lowest BCUT2D eigenvalue weighted by Crippen LogP contribution is -2.33. The van der Waals surface area contributed by atoms with E-state index >= 15 is 0 Å². The molecule has 3 N–H and O–H groups in total. The molecule has 11 heteroatoms. The number of urea groups is 1. The average Bonchev–Trinajstić information content (AvgIpc) is 3.38. The third-order valence-corrected chi connectivity index (χ3v) is 3.99. The van der Waals surface area contributed by atoms with Crippen molar-refractivity contribution in [3.05, 3.63) is 30.4 Å². The highest BCUT2D eigenvalue weighted by molar-refractivity contribution is 5.90. The topological polar surface area (TPSA) is 140 Å². The Morgan fingerprint density at radius 1 is 1.21 bits per heavy atom. The van der Waals surface area contributed by atoms with E-state index in [1.165, 1.54) is 6.33 Å². The van der Waals surface area contributed by atoms with Gasteiger partial charge in [0.05, 0.1) is 14.2 Å². The number of carbonyl (C=O) groups is 1. The van der Waals surface area contributed by atoms with Crippen LogP contribution >= 0.6 is 0 Å². The smallest absolute Gasteiger partial charge is 0.319 e. The van der Waals surface area contributed by atoms with Crippen LogP contribution in [-0.2, 0) is 0 Å². The lowest BCUT2D eigenvalue weighted by molar-refractivity contribution is 0.240. The Morgan fingerprint density at radius 2 is 1.93 bits per heavy atom. The molecule has 0 radical (unpaired) electrons. The summed E-state index contributed by atoms with van der Waals surface area (Å²) in [4.78, 5) is 20.9. The van der Waals surface area contributed by atoms with E-state index in [-0.39, 0.29) is 17.6 Å². The van der Waals surface area contributed by atoms with Gasteiger partial charge in [-0.15, -0.1) is 0 Å². The van der Waals surface area contributed by atoms with Crippen LogP contribution in [0.3, 0.4) is 0 Å². The number of ether oxygens (including phenoxy) is 2. The van der Waals surface area contributed by atoms with Crippen LogP contribution in [0.15, 0.2) is 29.0 Å². The summed E-state index contributed by atoms with van der Waals surface area (Å²) in [6, 6.07) is 4.19. The number of anilines is 1. The molecule has 0 aliphatic rings. The third-order valence-electron chi connectivity index (χ3n) is 3.99. The Balaban J connectivity index is 1.74. The van der Waals surface area contributed by atoms with Crippen molar-refractivity contribution in [2.75, 3.05) is 19.5 Å². The molecule has 0 aliphatic heterocycles. The number of nitrogens with one attached hydrogen (secondary N) is 3. The normalized spacial score (nSPS) is 11.9. The van der Waals surface area contributed by atoms with E-state index < -0.39 is 12.1 Å². The Bertz CT molecular complexity index is 917. The molecular formula is C18H23N7O4. The fourth-order valence-corrected chi connectivity index (χ4v) is 2.68. The highest BCUT2D eigenvalue weighted by Gasteiger charge is 2.23. The van der Waals surface area contributed by atoms with Crippen LogP contribution in [0.4, 0.5) is 10.5 Å². The van der Waals surface area contributed by atoms with E-state index in [9.17, 15) is 4.79 Å². The Hall–Kier alpha value is -3.63. The molecule has 2 amide bonds. The molecule has 2 aromatic heterocycles. The predicted octanol–water partition coefficient (Wildman–Crippen LogP) is 2.78. The van der Waals surface area contributed by atoms with Crippen molar-refractivity contribution in [3.8, 4) is 23.1 Å². The van der Waals surface area contributed by atoms with Crippen molar-refractivity contribution in [3.63, 3.8) is 0 Å². The molecule has 0 bridgehead atoms. The van der Waals surface area contributed by atoms with Crippen LogP contribution in [0, 0.1) is 5.92 Å². The van der Waals surface area contributed by atoms with Gasteiger partial charge in [-0.05, 0) is 12.3 Å². The van der Waals surface area contributed by atoms with Crippen molar-refractivity contribution >= 4 is 11.7 Å².